The highest BCUT2D eigenvalue weighted by Crippen LogP contribution is 2.49. The Labute approximate surface area is 145 Å². The van der Waals surface area contributed by atoms with E-state index < -0.39 is 0 Å². The van der Waals surface area contributed by atoms with Crippen LogP contribution in [-0.4, -0.2) is 30.3 Å². The van der Waals surface area contributed by atoms with Crippen LogP contribution >= 0.6 is 15.9 Å². The Morgan fingerprint density at radius 3 is 2.70 bits per heavy atom. The van der Waals surface area contributed by atoms with Gasteiger partial charge in [-0.1, -0.05) is 18.6 Å². The van der Waals surface area contributed by atoms with E-state index in [0.29, 0.717) is 12.3 Å². The Bertz CT molecular complexity index is 604. The number of likely N-dealkylation sites (N-methyl/N-ethyl adjacent to an activating group) is 1. The second-order valence-corrected chi connectivity index (χ2v) is 7.77. The summed E-state index contributed by atoms with van der Waals surface area (Å²) < 4.78 is 0.837. The lowest BCUT2D eigenvalue weighted by Gasteiger charge is -2.24. The summed E-state index contributed by atoms with van der Waals surface area (Å²) in [7, 11) is 1.72. The molecule has 0 aliphatic heterocycles. The number of para-hydroxylation sites is 1. The quantitative estimate of drug-likeness (QED) is 0.849. The standard InChI is InChI=1S/C18H23BrN2O2/c1-21(11-17(22)20-16-5-3-2-4-15(16)19)18(23)10-14-9-12-6-7-13(14)8-12/h2-5,12-14H,6-11H2,1H3,(H,20,22)/t12-,13+,14+/m0/s1. The maximum atomic E-state index is 12.4. The summed E-state index contributed by atoms with van der Waals surface area (Å²) >= 11 is 3.40. The lowest BCUT2D eigenvalue weighted by atomic mass is 9.86. The molecule has 124 valence electrons. The molecule has 2 fully saturated rings. The Kier molecular flexibility index (Phi) is 5.05. The van der Waals surface area contributed by atoms with E-state index in [-0.39, 0.29) is 18.4 Å². The topological polar surface area (TPSA) is 49.4 Å². The average molecular weight is 379 g/mol. The summed E-state index contributed by atoms with van der Waals surface area (Å²) in [6.45, 7) is 0.0982. The highest BCUT2D eigenvalue weighted by atomic mass is 79.9. The molecular weight excluding hydrogens is 356 g/mol. The number of nitrogens with one attached hydrogen (secondary N) is 1. The maximum absolute atomic E-state index is 12.4. The van der Waals surface area contributed by atoms with Crippen LogP contribution in [0, 0.1) is 17.8 Å². The van der Waals surface area contributed by atoms with Crippen molar-refractivity contribution in [1.82, 2.24) is 4.90 Å². The molecule has 2 amide bonds. The zero-order valence-electron chi connectivity index (χ0n) is 13.4. The van der Waals surface area contributed by atoms with Gasteiger partial charge in [-0.15, -0.1) is 0 Å². The second-order valence-electron chi connectivity index (χ2n) is 6.92. The number of hydrogen-bond acceptors (Lipinski definition) is 2. The lowest BCUT2D eigenvalue weighted by molar-refractivity contribution is -0.134. The Morgan fingerprint density at radius 2 is 2.04 bits per heavy atom. The number of amides is 2. The van der Waals surface area contributed by atoms with Crippen LogP contribution in [0.3, 0.4) is 0 Å². The Balaban J connectivity index is 1.48. The first-order valence-electron chi connectivity index (χ1n) is 8.31. The van der Waals surface area contributed by atoms with Crippen molar-refractivity contribution in [2.45, 2.75) is 32.1 Å². The molecule has 1 aromatic rings. The first kappa shape index (κ1) is 16.5. The highest BCUT2D eigenvalue weighted by molar-refractivity contribution is 9.10. The van der Waals surface area contributed by atoms with Crippen molar-refractivity contribution in [3.8, 4) is 0 Å². The number of carbonyl (C=O) groups excluding carboxylic acids is 2. The fourth-order valence-corrected chi connectivity index (χ4v) is 4.45. The number of fused-ring (bicyclic) bond motifs is 2. The minimum atomic E-state index is -0.166. The van der Waals surface area contributed by atoms with Crippen molar-refractivity contribution >= 4 is 33.4 Å². The molecule has 0 unspecified atom stereocenters. The number of anilines is 1. The number of nitrogens with zero attached hydrogens (tertiary/aromatic N) is 1. The van der Waals surface area contributed by atoms with Crippen LogP contribution in [0.5, 0.6) is 0 Å². The molecular formula is C18H23BrN2O2. The number of halogens is 1. The summed E-state index contributed by atoms with van der Waals surface area (Å²) in [4.78, 5) is 26.0. The fraction of sp³-hybridized carbons (Fsp3) is 0.556. The lowest BCUT2D eigenvalue weighted by Crippen LogP contribution is -2.36. The monoisotopic (exact) mass is 378 g/mol. The predicted molar refractivity (Wildman–Crippen MR) is 94.0 cm³/mol. The van der Waals surface area contributed by atoms with Crippen LogP contribution in [0.2, 0.25) is 0 Å². The molecule has 3 rings (SSSR count). The van der Waals surface area contributed by atoms with E-state index in [0.717, 1.165) is 22.0 Å². The largest absolute Gasteiger partial charge is 0.336 e. The number of benzene rings is 1. The molecule has 0 spiro atoms. The average Bonchev–Trinajstić information content (AvgIpc) is 3.12. The van der Waals surface area contributed by atoms with Crippen molar-refractivity contribution in [2.24, 2.45) is 17.8 Å². The number of carbonyl (C=O) groups is 2. The van der Waals surface area contributed by atoms with Gasteiger partial charge in [0.2, 0.25) is 11.8 Å². The van der Waals surface area contributed by atoms with Crippen LogP contribution in [0.25, 0.3) is 0 Å². The summed E-state index contributed by atoms with van der Waals surface area (Å²) in [6, 6.07) is 7.47. The van der Waals surface area contributed by atoms with Crippen molar-refractivity contribution < 1.29 is 9.59 Å². The third-order valence-electron chi connectivity index (χ3n) is 5.28. The summed E-state index contributed by atoms with van der Waals surface area (Å²) in [5, 5.41) is 2.84. The van der Waals surface area contributed by atoms with Gasteiger partial charge in [-0.05, 0) is 65.1 Å². The van der Waals surface area contributed by atoms with Gasteiger partial charge in [-0.3, -0.25) is 9.59 Å². The highest BCUT2D eigenvalue weighted by Gasteiger charge is 2.40. The molecule has 2 aliphatic rings. The van der Waals surface area contributed by atoms with Crippen LogP contribution < -0.4 is 5.32 Å². The molecule has 1 N–H and O–H groups in total. The van der Waals surface area contributed by atoms with Gasteiger partial charge >= 0.3 is 0 Å². The van der Waals surface area contributed by atoms with Gasteiger partial charge in [-0.2, -0.15) is 0 Å². The second kappa shape index (κ2) is 7.04. The first-order chi connectivity index (χ1) is 11.0. The predicted octanol–water partition coefficient (Wildman–Crippen LogP) is 3.67. The van der Waals surface area contributed by atoms with Gasteiger partial charge in [-0.25, -0.2) is 0 Å². The van der Waals surface area contributed by atoms with Gasteiger partial charge in [0.25, 0.3) is 0 Å². The molecule has 5 heteroatoms. The van der Waals surface area contributed by atoms with Gasteiger partial charge in [0, 0.05) is 17.9 Å². The molecule has 23 heavy (non-hydrogen) atoms. The molecule has 1 aromatic carbocycles. The normalized spacial score (nSPS) is 25.4. The molecule has 0 aromatic heterocycles. The molecule has 4 nitrogen and oxygen atoms in total. The summed E-state index contributed by atoms with van der Waals surface area (Å²) in [5.74, 6) is 2.05. The SMILES string of the molecule is CN(CC(=O)Nc1ccccc1Br)C(=O)C[C@H]1C[C@H]2CC[C@@H]1C2. The minimum Gasteiger partial charge on any atom is -0.336 e. The molecule has 2 saturated carbocycles. The van der Waals surface area contributed by atoms with Gasteiger partial charge in [0.1, 0.15) is 0 Å². The molecule has 2 aliphatic carbocycles. The van der Waals surface area contributed by atoms with Crippen molar-refractivity contribution in [3.63, 3.8) is 0 Å². The van der Waals surface area contributed by atoms with E-state index in [1.807, 2.05) is 24.3 Å². The summed E-state index contributed by atoms with van der Waals surface area (Å²) in [6.07, 6.45) is 5.74. The van der Waals surface area contributed by atoms with E-state index in [1.165, 1.54) is 25.7 Å². The Morgan fingerprint density at radius 1 is 1.26 bits per heavy atom. The van der Waals surface area contributed by atoms with Gasteiger partial charge in [0.15, 0.2) is 0 Å². The van der Waals surface area contributed by atoms with Crippen LogP contribution in [-0.2, 0) is 9.59 Å². The van der Waals surface area contributed by atoms with E-state index in [9.17, 15) is 9.59 Å². The molecule has 2 bridgehead atoms. The molecule has 0 saturated heterocycles. The molecule has 0 heterocycles. The van der Waals surface area contributed by atoms with E-state index in [1.54, 1.807) is 11.9 Å². The van der Waals surface area contributed by atoms with Crippen molar-refractivity contribution in [1.29, 1.82) is 0 Å². The third-order valence-corrected chi connectivity index (χ3v) is 5.97. The molecule has 3 atom stereocenters. The van der Waals surface area contributed by atoms with E-state index in [4.69, 9.17) is 0 Å². The zero-order chi connectivity index (χ0) is 16.4. The Hall–Kier alpha value is -1.36. The fourth-order valence-electron chi connectivity index (χ4n) is 4.06. The molecule has 0 radical (unpaired) electrons. The third kappa shape index (κ3) is 3.94. The maximum Gasteiger partial charge on any atom is 0.244 e. The van der Waals surface area contributed by atoms with Crippen molar-refractivity contribution in [3.05, 3.63) is 28.7 Å². The number of rotatable bonds is 5. The van der Waals surface area contributed by atoms with E-state index in [2.05, 4.69) is 21.2 Å². The zero-order valence-corrected chi connectivity index (χ0v) is 15.0. The van der Waals surface area contributed by atoms with Crippen LogP contribution in [0.4, 0.5) is 5.69 Å². The van der Waals surface area contributed by atoms with Crippen molar-refractivity contribution in [2.75, 3.05) is 18.9 Å². The smallest absolute Gasteiger partial charge is 0.244 e. The first-order valence-corrected chi connectivity index (χ1v) is 9.10. The summed E-state index contributed by atoms with van der Waals surface area (Å²) in [5.41, 5.74) is 0.728. The van der Waals surface area contributed by atoms with Crippen LogP contribution in [0.15, 0.2) is 28.7 Å². The number of hydrogen-bond donors (Lipinski definition) is 1. The minimum absolute atomic E-state index is 0.0878. The van der Waals surface area contributed by atoms with Crippen LogP contribution in [0.1, 0.15) is 32.1 Å². The van der Waals surface area contributed by atoms with E-state index >= 15 is 0 Å². The van der Waals surface area contributed by atoms with Gasteiger partial charge < -0.3 is 10.2 Å². The van der Waals surface area contributed by atoms with Gasteiger partial charge in [0.05, 0.1) is 12.2 Å².